The molecule has 3 rings (SSSR count). The number of thiazole rings is 1. The summed E-state index contributed by atoms with van der Waals surface area (Å²) >= 11 is 2.55. The van der Waals surface area contributed by atoms with Crippen LogP contribution in [-0.2, 0) is 16.8 Å². The molecule has 3 aromatic rings. The van der Waals surface area contributed by atoms with Gasteiger partial charge in [-0.15, -0.1) is 10.2 Å². The number of hydrogen-bond acceptors (Lipinski definition) is 7. The van der Waals surface area contributed by atoms with Crippen LogP contribution in [0.1, 0.15) is 53.6 Å². The van der Waals surface area contributed by atoms with Crippen molar-refractivity contribution in [3.05, 3.63) is 51.5 Å². The molecule has 7 nitrogen and oxygen atoms in total. The number of hydrogen-bond donors (Lipinski definition) is 1. The van der Waals surface area contributed by atoms with Gasteiger partial charge in [0, 0.05) is 12.3 Å². The highest BCUT2D eigenvalue weighted by Gasteiger charge is 2.24. The van der Waals surface area contributed by atoms with Crippen molar-refractivity contribution in [2.45, 2.75) is 46.6 Å². The number of rotatable bonds is 5. The Bertz CT molecular complexity index is 1020. The van der Waals surface area contributed by atoms with Crippen molar-refractivity contribution in [3.8, 4) is 0 Å². The first kappa shape index (κ1) is 21.1. The number of aromatic nitrogens is 3. The average Bonchev–Trinajstić information content (AvgIpc) is 3.27. The first-order valence-electron chi connectivity index (χ1n) is 9.10. The number of nitrogens with zero attached hydrogens (tertiary/aromatic N) is 4. The van der Waals surface area contributed by atoms with Crippen molar-refractivity contribution in [1.29, 1.82) is 0 Å². The third-order valence-corrected chi connectivity index (χ3v) is 6.52. The quantitative estimate of drug-likeness (QED) is 0.649. The average molecular weight is 430 g/mol. The zero-order valence-corrected chi connectivity index (χ0v) is 18.6. The van der Waals surface area contributed by atoms with Crippen molar-refractivity contribution in [2.24, 2.45) is 0 Å². The molecule has 9 heteroatoms. The summed E-state index contributed by atoms with van der Waals surface area (Å²) in [6.45, 7) is 9.78. The van der Waals surface area contributed by atoms with E-state index >= 15 is 0 Å². The number of carbonyl (C=O) groups is 2. The SMILES string of the molecule is CC(=O)N(Cc1ccccc1)c1nc(C)c(C(=O)Nc2nnc(C(C)(C)C)s2)s1. The molecule has 0 unspecified atom stereocenters. The molecule has 0 spiro atoms. The minimum atomic E-state index is -0.300. The fourth-order valence-corrected chi connectivity index (χ4v) is 4.32. The summed E-state index contributed by atoms with van der Waals surface area (Å²) in [6.07, 6.45) is 0. The third-order valence-electron chi connectivity index (χ3n) is 4.07. The highest BCUT2D eigenvalue weighted by Crippen LogP contribution is 2.30. The van der Waals surface area contributed by atoms with Crippen LogP contribution in [0.3, 0.4) is 0 Å². The first-order valence-corrected chi connectivity index (χ1v) is 10.7. The number of nitrogens with one attached hydrogen (secondary N) is 1. The van der Waals surface area contributed by atoms with Crippen LogP contribution in [0, 0.1) is 6.92 Å². The molecular formula is C20H23N5O2S2. The Morgan fingerprint density at radius 3 is 2.38 bits per heavy atom. The molecule has 0 saturated carbocycles. The van der Waals surface area contributed by atoms with Gasteiger partial charge in [0.2, 0.25) is 11.0 Å². The fraction of sp³-hybridized carbons (Fsp3) is 0.350. The van der Waals surface area contributed by atoms with Gasteiger partial charge in [-0.2, -0.15) is 0 Å². The predicted molar refractivity (Wildman–Crippen MR) is 117 cm³/mol. The van der Waals surface area contributed by atoms with Gasteiger partial charge in [-0.1, -0.05) is 73.8 Å². The maximum atomic E-state index is 12.8. The van der Waals surface area contributed by atoms with Crippen molar-refractivity contribution in [1.82, 2.24) is 15.2 Å². The zero-order chi connectivity index (χ0) is 21.2. The van der Waals surface area contributed by atoms with Crippen LogP contribution in [0.5, 0.6) is 0 Å². The Morgan fingerprint density at radius 2 is 1.79 bits per heavy atom. The molecule has 0 atom stereocenters. The highest BCUT2D eigenvalue weighted by atomic mass is 32.1. The van der Waals surface area contributed by atoms with E-state index in [1.54, 1.807) is 11.8 Å². The van der Waals surface area contributed by atoms with Crippen molar-refractivity contribution < 1.29 is 9.59 Å². The largest absolute Gasteiger partial charge is 0.296 e. The molecule has 2 heterocycles. The molecule has 0 fully saturated rings. The molecule has 0 aliphatic carbocycles. The molecule has 2 amide bonds. The van der Waals surface area contributed by atoms with Crippen LogP contribution in [0.15, 0.2) is 30.3 Å². The topological polar surface area (TPSA) is 88.1 Å². The second-order valence-electron chi connectivity index (χ2n) is 7.62. The zero-order valence-electron chi connectivity index (χ0n) is 17.0. The second-order valence-corrected chi connectivity index (χ2v) is 9.57. The molecule has 2 aromatic heterocycles. The summed E-state index contributed by atoms with van der Waals surface area (Å²) < 4.78 is 0. The van der Waals surface area contributed by atoms with Gasteiger partial charge < -0.3 is 0 Å². The van der Waals surface area contributed by atoms with Gasteiger partial charge in [0.05, 0.1) is 12.2 Å². The number of aryl methyl sites for hydroxylation is 1. The Morgan fingerprint density at radius 1 is 1.10 bits per heavy atom. The summed E-state index contributed by atoms with van der Waals surface area (Å²) in [4.78, 5) is 31.4. The summed E-state index contributed by atoms with van der Waals surface area (Å²) in [6, 6.07) is 9.68. The fourth-order valence-electron chi connectivity index (χ4n) is 2.52. The summed E-state index contributed by atoms with van der Waals surface area (Å²) in [5.41, 5.74) is 1.43. The van der Waals surface area contributed by atoms with Crippen LogP contribution < -0.4 is 10.2 Å². The Balaban J connectivity index is 1.80. The maximum absolute atomic E-state index is 12.8. The third kappa shape index (κ3) is 5.04. The lowest BCUT2D eigenvalue weighted by Gasteiger charge is -2.17. The Hall–Kier alpha value is -2.65. The van der Waals surface area contributed by atoms with Crippen LogP contribution in [0.25, 0.3) is 0 Å². The van der Waals surface area contributed by atoms with Gasteiger partial charge in [-0.25, -0.2) is 4.98 Å². The predicted octanol–water partition coefficient (Wildman–Crippen LogP) is 4.41. The molecule has 1 aromatic carbocycles. The second kappa shape index (κ2) is 8.38. The highest BCUT2D eigenvalue weighted by molar-refractivity contribution is 7.18. The summed E-state index contributed by atoms with van der Waals surface area (Å²) in [7, 11) is 0. The molecule has 1 N–H and O–H groups in total. The van der Waals surface area contributed by atoms with Crippen molar-refractivity contribution >= 4 is 44.8 Å². The lowest BCUT2D eigenvalue weighted by Crippen LogP contribution is -2.27. The summed E-state index contributed by atoms with van der Waals surface area (Å²) in [5.74, 6) is -0.431. The van der Waals surface area contributed by atoms with Crippen molar-refractivity contribution in [3.63, 3.8) is 0 Å². The summed E-state index contributed by atoms with van der Waals surface area (Å²) in [5, 5.41) is 12.8. The monoisotopic (exact) mass is 429 g/mol. The van der Waals surface area contributed by atoms with Gasteiger partial charge in [0.15, 0.2) is 5.13 Å². The minimum Gasteiger partial charge on any atom is -0.296 e. The Labute approximate surface area is 177 Å². The number of carbonyl (C=O) groups excluding carboxylic acids is 2. The molecule has 0 radical (unpaired) electrons. The van der Waals surface area contributed by atoms with Gasteiger partial charge in [0.1, 0.15) is 9.88 Å². The lowest BCUT2D eigenvalue weighted by molar-refractivity contribution is -0.116. The van der Waals surface area contributed by atoms with E-state index in [0.717, 1.165) is 10.6 Å². The molecule has 29 heavy (non-hydrogen) atoms. The number of benzene rings is 1. The van der Waals surface area contributed by atoms with E-state index in [9.17, 15) is 9.59 Å². The van der Waals surface area contributed by atoms with E-state index in [4.69, 9.17) is 0 Å². The van der Waals surface area contributed by atoms with Crippen LogP contribution >= 0.6 is 22.7 Å². The normalized spacial score (nSPS) is 11.3. The van der Waals surface area contributed by atoms with Crippen LogP contribution in [0.4, 0.5) is 10.3 Å². The standard InChI is InChI=1S/C20H23N5O2S2/c1-12-15(16(27)22-18-24-23-17(29-18)20(3,4)5)28-19(21-12)25(13(2)26)11-14-9-7-6-8-10-14/h6-10H,11H2,1-5H3,(H,22,24,27). The molecule has 152 valence electrons. The van der Waals surface area contributed by atoms with E-state index in [-0.39, 0.29) is 17.2 Å². The van der Waals surface area contributed by atoms with Crippen LogP contribution in [-0.4, -0.2) is 27.0 Å². The van der Waals surface area contributed by atoms with E-state index in [1.165, 1.54) is 29.6 Å². The van der Waals surface area contributed by atoms with E-state index < -0.39 is 0 Å². The molecular weight excluding hydrogens is 406 g/mol. The number of amides is 2. The number of anilines is 2. The van der Waals surface area contributed by atoms with Gasteiger partial charge in [-0.05, 0) is 12.5 Å². The van der Waals surface area contributed by atoms with Gasteiger partial charge >= 0.3 is 0 Å². The van der Waals surface area contributed by atoms with E-state index in [2.05, 4.69) is 20.5 Å². The van der Waals surface area contributed by atoms with Gasteiger partial charge in [-0.3, -0.25) is 19.8 Å². The maximum Gasteiger partial charge on any atom is 0.269 e. The van der Waals surface area contributed by atoms with Crippen LogP contribution in [0.2, 0.25) is 0 Å². The van der Waals surface area contributed by atoms with Crippen molar-refractivity contribution in [2.75, 3.05) is 10.2 Å². The molecule has 0 saturated heterocycles. The molecule has 0 aliphatic heterocycles. The van der Waals surface area contributed by atoms with E-state index in [0.29, 0.717) is 27.4 Å². The first-order chi connectivity index (χ1) is 13.6. The van der Waals surface area contributed by atoms with Gasteiger partial charge in [0.25, 0.3) is 5.91 Å². The molecule has 0 bridgehead atoms. The lowest BCUT2D eigenvalue weighted by atomic mass is 9.98. The minimum absolute atomic E-state index is 0.131. The van der Waals surface area contributed by atoms with E-state index in [1.807, 2.05) is 51.1 Å². The molecule has 0 aliphatic rings. The Kier molecular flexibility index (Phi) is 6.09. The smallest absolute Gasteiger partial charge is 0.269 e.